The third kappa shape index (κ3) is 3.68. The Bertz CT molecular complexity index is 617. The van der Waals surface area contributed by atoms with Crippen LogP contribution < -0.4 is 10.6 Å². The summed E-state index contributed by atoms with van der Waals surface area (Å²) in [4.78, 5) is 26.8. The molecule has 20 heavy (non-hydrogen) atoms. The van der Waals surface area contributed by atoms with Crippen molar-refractivity contribution >= 4 is 17.5 Å². The molecule has 0 aliphatic rings. The van der Waals surface area contributed by atoms with Crippen LogP contribution in [0.25, 0.3) is 0 Å². The average molecular weight is 273 g/mol. The molecule has 6 nitrogen and oxygen atoms in total. The number of carbonyl (C=O) groups is 2. The SMILES string of the molecule is CC(=O)Nc1ccc(C(=O)NCc2ncc(C)o2)cc1. The van der Waals surface area contributed by atoms with Crippen molar-refractivity contribution in [1.29, 1.82) is 0 Å². The van der Waals surface area contributed by atoms with Crippen molar-refractivity contribution in [3.05, 3.63) is 47.7 Å². The van der Waals surface area contributed by atoms with Gasteiger partial charge in [0.1, 0.15) is 5.76 Å². The van der Waals surface area contributed by atoms with Crippen molar-refractivity contribution < 1.29 is 14.0 Å². The Labute approximate surface area is 116 Å². The first-order valence-corrected chi connectivity index (χ1v) is 6.12. The van der Waals surface area contributed by atoms with Crippen molar-refractivity contribution in [2.45, 2.75) is 20.4 Å². The normalized spacial score (nSPS) is 10.1. The van der Waals surface area contributed by atoms with Crippen molar-refractivity contribution in [2.75, 3.05) is 5.32 Å². The first-order valence-electron chi connectivity index (χ1n) is 6.12. The molecule has 1 aromatic heterocycles. The summed E-state index contributed by atoms with van der Waals surface area (Å²) in [7, 11) is 0. The van der Waals surface area contributed by atoms with Crippen LogP contribution in [0.2, 0.25) is 0 Å². The van der Waals surface area contributed by atoms with Crippen LogP contribution in [0.1, 0.15) is 28.9 Å². The number of anilines is 1. The molecule has 104 valence electrons. The monoisotopic (exact) mass is 273 g/mol. The van der Waals surface area contributed by atoms with E-state index in [1.165, 1.54) is 6.92 Å². The predicted molar refractivity (Wildman–Crippen MR) is 73.2 cm³/mol. The highest BCUT2D eigenvalue weighted by Crippen LogP contribution is 2.09. The molecule has 1 aromatic carbocycles. The molecule has 0 saturated carbocycles. The highest BCUT2D eigenvalue weighted by atomic mass is 16.4. The molecule has 0 aliphatic heterocycles. The molecule has 2 rings (SSSR count). The number of oxazole rings is 1. The second-order valence-electron chi connectivity index (χ2n) is 4.31. The highest BCUT2D eigenvalue weighted by Gasteiger charge is 2.07. The van der Waals surface area contributed by atoms with Crippen molar-refractivity contribution in [1.82, 2.24) is 10.3 Å². The molecule has 2 amide bonds. The van der Waals surface area contributed by atoms with Crippen LogP contribution in [0.4, 0.5) is 5.69 Å². The van der Waals surface area contributed by atoms with E-state index in [0.29, 0.717) is 22.9 Å². The maximum absolute atomic E-state index is 11.9. The van der Waals surface area contributed by atoms with Gasteiger partial charge in [-0.15, -0.1) is 0 Å². The van der Waals surface area contributed by atoms with Gasteiger partial charge in [0.15, 0.2) is 0 Å². The Kier molecular flexibility index (Phi) is 4.14. The Balaban J connectivity index is 1.93. The van der Waals surface area contributed by atoms with Crippen molar-refractivity contribution in [2.24, 2.45) is 0 Å². The van der Waals surface area contributed by atoms with E-state index < -0.39 is 0 Å². The minimum Gasteiger partial charge on any atom is -0.444 e. The van der Waals surface area contributed by atoms with E-state index in [-0.39, 0.29) is 18.4 Å². The van der Waals surface area contributed by atoms with Crippen LogP contribution in [-0.2, 0) is 11.3 Å². The van der Waals surface area contributed by atoms with Gasteiger partial charge >= 0.3 is 0 Å². The zero-order chi connectivity index (χ0) is 14.5. The molecule has 0 unspecified atom stereocenters. The van der Waals surface area contributed by atoms with Gasteiger partial charge in [-0.2, -0.15) is 0 Å². The molecule has 1 heterocycles. The minimum atomic E-state index is -0.227. The number of carbonyl (C=O) groups excluding carboxylic acids is 2. The summed E-state index contributed by atoms with van der Waals surface area (Å²) in [6, 6.07) is 6.63. The molecule has 2 N–H and O–H groups in total. The quantitative estimate of drug-likeness (QED) is 0.890. The minimum absolute atomic E-state index is 0.151. The Morgan fingerprint density at radius 1 is 1.25 bits per heavy atom. The van der Waals surface area contributed by atoms with Gasteiger partial charge in [0.25, 0.3) is 5.91 Å². The van der Waals surface area contributed by atoms with Gasteiger partial charge in [0.2, 0.25) is 11.8 Å². The fraction of sp³-hybridized carbons (Fsp3) is 0.214. The molecular formula is C14H15N3O3. The molecule has 0 atom stereocenters. The van der Waals surface area contributed by atoms with Crippen LogP contribution in [0.5, 0.6) is 0 Å². The van der Waals surface area contributed by atoms with Gasteiger partial charge in [-0.05, 0) is 31.2 Å². The molecule has 0 fully saturated rings. The van der Waals surface area contributed by atoms with Gasteiger partial charge in [-0.25, -0.2) is 4.98 Å². The van der Waals surface area contributed by atoms with Crippen LogP contribution >= 0.6 is 0 Å². The molecule has 0 saturated heterocycles. The summed E-state index contributed by atoms with van der Waals surface area (Å²) in [6.45, 7) is 3.46. The van der Waals surface area contributed by atoms with Gasteiger partial charge in [-0.1, -0.05) is 0 Å². The average Bonchev–Trinajstić information content (AvgIpc) is 2.82. The topological polar surface area (TPSA) is 84.2 Å². The van der Waals surface area contributed by atoms with E-state index in [1.54, 1.807) is 37.4 Å². The molecule has 6 heteroatoms. The predicted octanol–water partition coefficient (Wildman–Crippen LogP) is 1.87. The molecular weight excluding hydrogens is 258 g/mol. The van der Waals surface area contributed by atoms with Gasteiger partial charge < -0.3 is 15.1 Å². The standard InChI is InChI=1S/C14H15N3O3/c1-9-7-15-13(20-9)8-16-14(19)11-3-5-12(6-4-11)17-10(2)18/h3-7H,8H2,1-2H3,(H,16,19)(H,17,18). The van der Waals surface area contributed by atoms with Gasteiger partial charge in [0, 0.05) is 18.2 Å². The van der Waals surface area contributed by atoms with E-state index in [9.17, 15) is 9.59 Å². The van der Waals surface area contributed by atoms with Crippen molar-refractivity contribution in [3.63, 3.8) is 0 Å². The smallest absolute Gasteiger partial charge is 0.251 e. The molecule has 0 bridgehead atoms. The van der Waals surface area contributed by atoms with Crippen LogP contribution in [0, 0.1) is 6.92 Å². The van der Waals surface area contributed by atoms with Gasteiger partial charge in [-0.3, -0.25) is 9.59 Å². The van der Waals surface area contributed by atoms with Crippen LogP contribution in [0.15, 0.2) is 34.9 Å². The Morgan fingerprint density at radius 3 is 2.50 bits per heavy atom. The summed E-state index contributed by atoms with van der Waals surface area (Å²) in [5.41, 5.74) is 1.15. The van der Waals surface area contributed by atoms with Crippen molar-refractivity contribution in [3.8, 4) is 0 Å². The fourth-order valence-corrected chi connectivity index (χ4v) is 1.65. The Morgan fingerprint density at radius 2 is 1.95 bits per heavy atom. The lowest BCUT2D eigenvalue weighted by Crippen LogP contribution is -2.22. The summed E-state index contributed by atoms with van der Waals surface area (Å²) in [6.07, 6.45) is 1.60. The van der Waals surface area contributed by atoms with E-state index in [0.717, 1.165) is 0 Å². The first kappa shape index (κ1) is 13.8. The number of aromatic nitrogens is 1. The maximum atomic E-state index is 11.9. The summed E-state index contributed by atoms with van der Waals surface area (Å²) in [5.74, 6) is 0.788. The van der Waals surface area contributed by atoms with E-state index in [1.807, 2.05) is 0 Å². The lowest BCUT2D eigenvalue weighted by molar-refractivity contribution is -0.114. The largest absolute Gasteiger partial charge is 0.444 e. The lowest BCUT2D eigenvalue weighted by Gasteiger charge is -2.05. The third-order valence-electron chi connectivity index (χ3n) is 2.54. The van der Waals surface area contributed by atoms with Crippen LogP contribution in [0.3, 0.4) is 0 Å². The first-order chi connectivity index (χ1) is 9.54. The number of benzene rings is 1. The molecule has 0 radical (unpaired) electrons. The summed E-state index contributed by atoms with van der Waals surface area (Å²) >= 11 is 0. The lowest BCUT2D eigenvalue weighted by atomic mass is 10.2. The number of nitrogens with one attached hydrogen (secondary N) is 2. The second kappa shape index (κ2) is 6.01. The maximum Gasteiger partial charge on any atom is 0.251 e. The summed E-state index contributed by atoms with van der Waals surface area (Å²) in [5, 5.41) is 5.34. The highest BCUT2D eigenvalue weighted by molar-refractivity contribution is 5.95. The van der Waals surface area contributed by atoms with Gasteiger partial charge in [0.05, 0.1) is 12.7 Å². The summed E-state index contributed by atoms with van der Waals surface area (Å²) < 4.78 is 5.26. The van der Waals surface area contributed by atoms with E-state index >= 15 is 0 Å². The number of aryl methyl sites for hydroxylation is 1. The third-order valence-corrected chi connectivity index (χ3v) is 2.54. The number of rotatable bonds is 4. The molecule has 0 spiro atoms. The number of hydrogen-bond acceptors (Lipinski definition) is 4. The molecule has 2 aromatic rings. The number of nitrogens with zero attached hydrogens (tertiary/aromatic N) is 1. The van der Waals surface area contributed by atoms with E-state index in [2.05, 4.69) is 15.6 Å². The fourth-order valence-electron chi connectivity index (χ4n) is 1.65. The zero-order valence-corrected chi connectivity index (χ0v) is 11.3. The van der Waals surface area contributed by atoms with Crippen LogP contribution in [-0.4, -0.2) is 16.8 Å². The second-order valence-corrected chi connectivity index (χ2v) is 4.31. The molecule has 0 aliphatic carbocycles. The Hall–Kier alpha value is -2.63. The zero-order valence-electron chi connectivity index (χ0n) is 11.3. The van der Waals surface area contributed by atoms with E-state index in [4.69, 9.17) is 4.42 Å². The number of amides is 2. The number of hydrogen-bond donors (Lipinski definition) is 2.